The lowest BCUT2D eigenvalue weighted by Gasteiger charge is -2.14. The smallest absolute Gasteiger partial charge is 0.330 e. The number of esters is 1. The standard InChI is InChI=1S/C19H17NO6S/c1-25-15-6-4-5-14(13-15)9-10-18(21)26-12-11-20-19(22)16-7-2-3-8-17(16)27(20,23)24/h2-10,13H,11-12H2,1H3/b10-9+. The van der Waals surface area contributed by atoms with Gasteiger partial charge in [0.1, 0.15) is 17.3 Å². The van der Waals surface area contributed by atoms with Crippen LogP contribution in [0, 0.1) is 0 Å². The first-order valence-corrected chi connectivity index (χ1v) is 9.52. The van der Waals surface area contributed by atoms with E-state index in [0.29, 0.717) is 5.75 Å². The van der Waals surface area contributed by atoms with Crippen LogP contribution in [0.4, 0.5) is 0 Å². The van der Waals surface area contributed by atoms with Gasteiger partial charge in [0, 0.05) is 6.08 Å². The Kier molecular flexibility index (Phi) is 5.27. The second-order valence-corrected chi connectivity index (χ2v) is 7.49. The molecule has 0 radical (unpaired) electrons. The van der Waals surface area contributed by atoms with E-state index in [1.54, 1.807) is 49.6 Å². The molecule has 1 heterocycles. The summed E-state index contributed by atoms with van der Waals surface area (Å²) in [6.45, 7) is -0.477. The first kappa shape index (κ1) is 18.7. The summed E-state index contributed by atoms with van der Waals surface area (Å²) < 4.78 is 35.6. The number of hydrogen-bond acceptors (Lipinski definition) is 6. The van der Waals surface area contributed by atoms with Crippen molar-refractivity contribution in [2.24, 2.45) is 0 Å². The van der Waals surface area contributed by atoms with E-state index < -0.39 is 21.9 Å². The predicted molar refractivity (Wildman–Crippen MR) is 97.7 cm³/mol. The molecule has 27 heavy (non-hydrogen) atoms. The van der Waals surface area contributed by atoms with E-state index in [9.17, 15) is 18.0 Å². The number of nitrogens with zero attached hydrogens (tertiary/aromatic N) is 1. The third-order valence-electron chi connectivity index (χ3n) is 3.96. The highest BCUT2D eigenvalue weighted by molar-refractivity contribution is 7.90. The Hall–Kier alpha value is -3.13. The fourth-order valence-corrected chi connectivity index (χ4v) is 4.19. The molecule has 0 atom stereocenters. The topological polar surface area (TPSA) is 90.0 Å². The zero-order valence-corrected chi connectivity index (χ0v) is 15.3. The van der Waals surface area contributed by atoms with Gasteiger partial charge in [-0.05, 0) is 35.9 Å². The van der Waals surface area contributed by atoms with Crippen LogP contribution < -0.4 is 4.74 Å². The lowest BCUT2D eigenvalue weighted by molar-refractivity contribution is -0.137. The highest BCUT2D eigenvalue weighted by atomic mass is 32.2. The van der Waals surface area contributed by atoms with Crippen LogP contribution in [0.15, 0.2) is 59.5 Å². The number of sulfonamides is 1. The number of fused-ring (bicyclic) bond motifs is 1. The molecule has 0 aliphatic carbocycles. The summed E-state index contributed by atoms with van der Waals surface area (Å²) in [6.07, 6.45) is 2.78. The van der Waals surface area contributed by atoms with Gasteiger partial charge >= 0.3 is 5.97 Å². The molecule has 0 unspecified atom stereocenters. The summed E-state index contributed by atoms with van der Waals surface area (Å²) in [5.41, 5.74) is 0.876. The molecule has 0 saturated carbocycles. The number of methoxy groups -OCH3 is 1. The predicted octanol–water partition coefficient (Wildman–Crippen LogP) is 2.10. The van der Waals surface area contributed by atoms with Gasteiger partial charge in [-0.15, -0.1) is 0 Å². The lowest BCUT2D eigenvalue weighted by Crippen LogP contribution is -2.33. The van der Waals surface area contributed by atoms with Gasteiger partial charge in [0.15, 0.2) is 0 Å². The molecule has 1 aliphatic rings. The second-order valence-electron chi connectivity index (χ2n) is 5.66. The van der Waals surface area contributed by atoms with E-state index in [4.69, 9.17) is 9.47 Å². The molecule has 8 heteroatoms. The Morgan fingerprint density at radius 3 is 2.67 bits per heavy atom. The minimum atomic E-state index is -3.90. The Balaban J connectivity index is 1.58. The zero-order chi connectivity index (χ0) is 19.4. The average Bonchev–Trinajstić information content (AvgIpc) is 2.87. The van der Waals surface area contributed by atoms with Crippen molar-refractivity contribution in [2.45, 2.75) is 4.90 Å². The van der Waals surface area contributed by atoms with E-state index >= 15 is 0 Å². The highest BCUT2D eigenvalue weighted by Gasteiger charge is 2.40. The first-order chi connectivity index (χ1) is 12.9. The maximum Gasteiger partial charge on any atom is 0.330 e. The molecule has 2 aromatic carbocycles. The molecular formula is C19H17NO6S. The number of carbonyl (C=O) groups is 2. The summed E-state index contributed by atoms with van der Waals surface area (Å²) in [5.74, 6) is -0.601. The molecule has 2 aromatic rings. The van der Waals surface area contributed by atoms with Gasteiger partial charge in [0.05, 0.1) is 19.2 Å². The Morgan fingerprint density at radius 1 is 1.15 bits per heavy atom. The molecule has 1 amide bonds. The van der Waals surface area contributed by atoms with Crippen LogP contribution in [-0.4, -0.2) is 44.9 Å². The maximum atomic E-state index is 12.4. The van der Waals surface area contributed by atoms with Gasteiger partial charge in [-0.3, -0.25) is 4.79 Å². The van der Waals surface area contributed by atoms with Crippen molar-refractivity contribution in [3.63, 3.8) is 0 Å². The Labute approximate surface area is 156 Å². The van der Waals surface area contributed by atoms with Crippen molar-refractivity contribution < 1.29 is 27.5 Å². The van der Waals surface area contributed by atoms with Crippen molar-refractivity contribution in [1.82, 2.24) is 4.31 Å². The van der Waals surface area contributed by atoms with E-state index in [1.807, 2.05) is 0 Å². The zero-order valence-electron chi connectivity index (χ0n) is 14.5. The first-order valence-electron chi connectivity index (χ1n) is 8.08. The van der Waals surface area contributed by atoms with Crippen LogP contribution in [0.1, 0.15) is 15.9 Å². The van der Waals surface area contributed by atoms with Gasteiger partial charge in [0.25, 0.3) is 15.9 Å². The summed E-state index contributed by atoms with van der Waals surface area (Å²) in [4.78, 5) is 24.0. The van der Waals surface area contributed by atoms with E-state index in [-0.39, 0.29) is 23.6 Å². The molecule has 1 aliphatic heterocycles. The van der Waals surface area contributed by atoms with Crippen molar-refractivity contribution in [3.8, 4) is 5.75 Å². The van der Waals surface area contributed by atoms with Crippen molar-refractivity contribution in [2.75, 3.05) is 20.3 Å². The van der Waals surface area contributed by atoms with Gasteiger partial charge in [-0.1, -0.05) is 24.3 Å². The summed E-state index contributed by atoms with van der Waals surface area (Å²) >= 11 is 0. The molecule has 0 fully saturated rings. The normalized spacial score (nSPS) is 15.0. The monoisotopic (exact) mass is 387 g/mol. The van der Waals surface area contributed by atoms with Crippen LogP contribution in [0.2, 0.25) is 0 Å². The molecular weight excluding hydrogens is 370 g/mol. The van der Waals surface area contributed by atoms with Crippen LogP contribution in [-0.2, 0) is 19.6 Å². The molecule has 7 nitrogen and oxygen atoms in total. The van der Waals surface area contributed by atoms with Gasteiger partial charge < -0.3 is 9.47 Å². The van der Waals surface area contributed by atoms with E-state index in [1.165, 1.54) is 18.2 Å². The van der Waals surface area contributed by atoms with E-state index in [0.717, 1.165) is 9.87 Å². The quantitative estimate of drug-likeness (QED) is 0.557. The average molecular weight is 387 g/mol. The maximum absolute atomic E-state index is 12.4. The SMILES string of the molecule is COc1cccc(/C=C/C(=O)OCCN2C(=O)c3ccccc3S2(=O)=O)c1. The Morgan fingerprint density at radius 2 is 1.93 bits per heavy atom. The van der Waals surface area contributed by atoms with Gasteiger partial charge in [-0.25, -0.2) is 17.5 Å². The fourth-order valence-electron chi connectivity index (χ4n) is 2.64. The molecule has 0 saturated heterocycles. The summed E-state index contributed by atoms with van der Waals surface area (Å²) in [6, 6.07) is 13.1. The molecule has 0 N–H and O–H groups in total. The minimum absolute atomic E-state index is 0.0285. The second kappa shape index (κ2) is 7.63. The number of rotatable bonds is 6. The van der Waals surface area contributed by atoms with Crippen molar-refractivity contribution >= 4 is 28.0 Å². The molecule has 0 aromatic heterocycles. The third kappa shape index (κ3) is 3.85. The molecule has 3 rings (SSSR count). The summed E-state index contributed by atoms with van der Waals surface area (Å²) in [7, 11) is -2.35. The Bertz CT molecular complexity index is 1010. The number of benzene rings is 2. The van der Waals surface area contributed by atoms with Crippen molar-refractivity contribution in [1.29, 1.82) is 0 Å². The van der Waals surface area contributed by atoms with Gasteiger partial charge in [0.2, 0.25) is 0 Å². The number of amides is 1. The van der Waals surface area contributed by atoms with Crippen LogP contribution >= 0.6 is 0 Å². The largest absolute Gasteiger partial charge is 0.497 e. The number of ether oxygens (including phenoxy) is 2. The lowest BCUT2D eigenvalue weighted by atomic mass is 10.2. The van der Waals surface area contributed by atoms with Crippen LogP contribution in [0.3, 0.4) is 0 Å². The van der Waals surface area contributed by atoms with Gasteiger partial charge in [-0.2, -0.15) is 0 Å². The fraction of sp³-hybridized carbons (Fsp3) is 0.158. The molecule has 0 bridgehead atoms. The molecule has 140 valence electrons. The van der Waals surface area contributed by atoms with Crippen LogP contribution in [0.25, 0.3) is 6.08 Å². The third-order valence-corrected chi connectivity index (χ3v) is 5.80. The minimum Gasteiger partial charge on any atom is -0.497 e. The highest BCUT2D eigenvalue weighted by Crippen LogP contribution is 2.29. The van der Waals surface area contributed by atoms with Crippen molar-refractivity contribution in [3.05, 3.63) is 65.7 Å². The van der Waals surface area contributed by atoms with E-state index in [2.05, 4.69) is 0 Å². The van der Waals surface area contributed by atoms with Crippen LogP contribution in [0.5, 0.6) is 5.75 Å². The molecule has 0 spiro atoms. The summed E-state index contributed by atoms with van der Waals surface area (Å²) in [5, 5.41) is 0. The number of carbonyl (C=O) groups excluding carboxylic acids is 2. The number of hydrogen-bond donors (Lipinski definition) is 0.